The smallest absolute Gasteiger partial charge is 0.128 e. The minimum atomic E-state index is -0.0796. The maximum Gasteiger partial charge on any atom is 0.128 e. The predicted molar refractivity (Wildman–Crippen MR) is 100 cm³/mol. The van der Waals surface area contributed by atoms with Crippen LogP contribution in [0.2, 0.25) is 0 Å². The first-order valence-corrected chi connectivity index (χ1v) is 9.25. The molecule has 2 aromatic carbocycles. The van der Waals surface area contributed by atoms with Crippen molar-refractivity contribution in [2.75, 3.05) is 0 Å². The third-order valence-corrected chi connectivity index (χ3v) is 5.20. The van der Waals surface area contributed by atoms with Crippen molar-refractivity contribution in [1.82, 2.24) is 4.90 Å². The van der Waals surface area contributed by atoms with E-state index in [9.17, 15) is 9.50 Å². The molecule has 2 aromatic rings. The second-order valence-corrected chi connectivity index (χ2v) is 7.73. The van der Waals surface area contributed by atoms with E-state index >= 15 is 0 Å². The van der Waals surface area contributed by atoms with Gasteiger partial charge in [-0.25, -0.2) is 4.39 Å². The molecule has 1 heterocycles. The highest BCUT2D eigenvalue weighted by Gasteiger charge is 2.25. The van der Waals surface area contributed by atoms with Gasteiger partial charge in [-0.1, -0.05) is 38.1 Å². The lowest BCUT2D eigenvalue weighted by molar-refractivity contribution is 0.202. The fourth-order valence-corrected chi connectivity index (χ4v) is 3.67. The molecule has 2 nitrogen and oxygen atoms in total. The maximum atomic E-state index is 13.9. The van der Waals surface area contributed by atoms with Crippen molar-refractivity contribution >= 4 is 0 Å². The molecule has 134 valence electrons. The van der Waals surface area contributed by atoms with E-state index in [2.05, 4.69) is 31.7 Å². The summed E-state index contributed by atoms with van der Waals surface area (Å²) < 4.78 is 13.9. The zero-order valence-corrected chi connectivity index (χ0v) is 15.4. The van der Waals surface area contributed by atoms with Gasteiger partial charge in [0.1, 0.15) is 11.6 Å². The first-order chi connectivity index (χ1) is 11.9. The lowest BCUT2D eigenvalue weighted by Crippen LogP contribution is -2.28. The molecule has 0 spiro atoms. The molecule has 0 fully saturated rings. The Morgan fingerprint density at radius 3 is 2.64 bits per heavy atom. The summed E-state index contributed by atoms with van der Waals surface area (Å²) in [6.45, 7) is 8.09. The Bertz CT molecular complexity index is 741. The van der Waals surface area contributed by atoms with Gasteiger partial charge in [0.15, 0.2) is 0 Å². The third kappa shape index (κ3) is 4.21. The summed E-state index contributed by atoms with van der Waals surface area (Å²) in [5, 5.41) is 10.0. The number of halogens is 1. The molecule has 0 unspecified atom stereocenters. The summed E-state index contributed by atoms with van der Waals surface area (Å²) in [6.07, 6.45) is 2.90. The van der Waals surface area contributed by atoms with Crippen LogP contribution in [0, 0.1) is 11.7 Å². The van der Waals surface area contributed by atoms with Gasteiger partial charge in [-0.2, -0.15) is 0 Å². The number of aryl methyl sites for hydroxylation is 1. The number of fused-ring (bicyclic) bond motifs is 1. The van der Waals surface area contributed by atoms with Gasteiger partial charge >= 0.3 is 0 Å². The Hall–Kier alpha value is -1.87. The molecule has 1 aliphatic rings. The van der Waals surface area contributed by atoms with Crippen molar-refractivity contribution in [3.63, 3.8) is 0 Å². The van der Waals surface area contributed by atoms with Gasteiger partial charge in [-0.3, -0.25) is 4.90 Å². The van der Waals surface area contributed by atoms with Crippen molar-refractivity contribution in [2.45, 2.75) is 59.2 Å². The normalized spacial score (nSPS) is 15.6. The Kier molecular flexibility index (Phi) is 5.43. The molecule has 0 bridgehead atoms. The number of nitrogens with zero attached hydrogens (tertiary/aromatic N) is 1. The first kappa shape index (κ1) is 17.9. The van der Waals surface area contributed by atoms with Crippen LogP contribution in [-0.4, -0.2) is 16.0 Å². The van der Waals surface area contributed by atoms with Crippen LogP contribution in [0.4, 0.5) is 4.39 Å². The molecule has 0 saturated carbocycles. The van der Waals surface area contributed by atoms with Crippen LogP contribution < -0.4 is 0 Å². The van der Waals surface area contributed by atoms with E-state index in [0.717, 1.165) is 42.5 Å². The van der Waals surface area contributed by atoms with E-state index in [4.69, 9.17) is 0 Å². The van der Waals surface area contributed by atoms with Crippen molar-refractivity contribution in [3.05, 3.63) is 64.5 Å². The number of aromatic hydroxyl groups is 1. The number of benzene rings is 2. The minimum absolute atomic E-state index is 0.0796. The highest BCUT2D eigenvalue weighted by atomic mass is 19.1. The number of phenolic OH excluding ortho intramolecular Hbond substituents is 1. The fourth-order valence-electron chi connectivity index (χ4n) is 3.67. The van der Waals surface area contributed by atoms with Crippen LogP contribution in [0.1, 0.15) is 49.4 Å². The van der Waals surface area contributed by atoms with E-state index in [1.54, 1.807) is 12.1 Å². The fraction of sp³-hybridized carbons (Fsp3) is 0.455. The standard InChI is InChI=1S/C22H28FNO/c1-15(2)11-19-12-17(9-10-22(19)25)8-7-16(3)24-13-18-5-4-6-21(23)20(18)14-24/h4-6,9-10,12,15-16,25H,7-8,11,13-14H2,1-3H3/t16-/m1/s1. The Morgan fingerprint density at radius 2 is 1.92 bits per heavy atom. The van der Waals surface area contributed by atoms with Crippen LogP contribution in [-0.2, 0) is 25.9 Å². The van der Waals surface area contributed by atoms with Crippen molar-refractivity contribution < 1.29 is 9.50 Å². The number of phenols is 1. The van der Waals surface area contributed by atoms with Gasteiger partial charge in [-0.05, 0) is 60.9 Å². The monoisotopic (exact) mass is 341 g/mol. The van der Waals surface area contributed by atoms with Gasteiger partial charge in [0.2, 0.25) is 0 Å². The van der Waals surface area contributed by atoms with Crippen LogP contribution in [0.15, 0.2) is 36.4 Å². The average molecular weight is 341 g/mol. The number of hydrogen-bond acceptors (Lipinski definition) is 2. The molecule has 0 saturated heterocycles. The summed E-state index contributed by atoms with van der Waals surface area (Å²) in [5.41, 5.74) is 4.29. The quantitative estimate of drug-likeness (QED) is 0.793. The first-order valence-electron chi connectivity index (χ1n) is 9.25. The van der Waals surface area contributed by atoms with Crippen LogP contribution >= 0.6 is 0 Å². The zero-order valence-electron chi connectivity index (χ0n) is 15.4. The van der Waals surface area contributed by atoms with Crippen LogP contribution in [0.25, 0.3) is 0 Å². The molecular weight excluding hydrogens is 313 g/mol. The molecule has 3 heteroatoms. The summed E-state index contributed by atoms with van der Waals surface area (Å²) in [5.74, 6) is 0.845. The lowest BCUT2D eigenvalue weighted by atomic mass is 9.97. The molecule has 0 aromatic heterocycles. The largest absolute Gasteiger partial charge is 0.508 e. The van der Waals surface area contributed by atoms with Crippen LogP contribution in [0.5, 0.6) is 5.75 Å². The number of hydrogen-bond donors (Lipinski definition) is 1. The molecule has 0 amide bonds. The molecule has 1 aliphatic heterocycles. The lowest BCUT2D eigenvalue weighted by Gasteiger charge is -2.24. The molecule has 1 atom stereocenters. The van der Waals surface area contributed by atoms with E-state index in [1.807, 2.05) is 18.2 Å². The van der Waals surface area contributed by atoms with Gasteiger partial charge in [0, 0.05) is 24.7 Å². The maximum absolute atomic E-state index is 13.9. The van der Waals surface area contributed by atoms with Crippen LogP contribution in [0.3, 0.4) is 0 Å². The Balaban J connectivity index is 1.60. The average Bonchev–Trinajstić information content (AvgIpc) is 3.00. The highest BCUT2D eigenvalue weighted by Crippen LogP contribution is 2.28. The topological polar surface area (TPSA) is 23.5 Å². The summed E-state index contributed by atoms with van der Waals surface area (Å²) >= 11 is 0. The molecule has 1 N–H and O–H groups in total. The van der Waals surface area contributed by atoms with E-state index < -0.39 is 0 Å². The molecule has 0 radical (unpaired) electrons. The Morgan fingerprint density at radius 1 is 1.12 bits per heavy atom. The SMILES string of the molecule is CC(C)Cc1cc(CC[C@@H](C)N2Cc3cccc(F)c3C2)ccc1O. The van der Waals surface area contributed by atoms with Crippen molar-refractivity contribution in [1.29, 1.82) is 0 Å². The molecule has 3 rings (SSSR count). The van der Waals surface area contributed by atoms with E-state index in [1.165, 1.54) is 5.56 Å². The van der Waals surface area contributed by atoms with E-state index in [0.29, 0.717) is 24.3 Å². The van der Waals surface area contributed by atoms with E-state index in [-0.39, 0.29) is 5.82 Å². The molecule has 25 heavy (non-hydrogen) atoms. The minimum Gasteiger partial charge on any atom is -0.508 e. The molecule has 0 aliphatic carbocycles. The predicted octanol–water partition coefficient (Wildman–Crippen LogP) is 5.07. The summed E-state index contributed by atoms with van der Waals surface area (Å²) in [6, 6.07) is 11.8. The summed E-state index contributed by atoms with van der Waals surface area (Å²) in [4.78, 5) is 2.35. The highest BCUT2D eigenvalue weighted by molar-refractivity contribution is 5.36. The number of rotatable bonds is 6. The van der Waals surface area contributed by atoms with Gasteiger partial charge in [-0.15, -0.1) is 0 Å². The Labute approximate surface area is 150 Å². The van der Waals surface area contributed by atoms with Crippen molar-refractivity contribution in [2.24, 2.45) is 5.92 Å². The van der Waals surface area contributed by atoms with Crippen molar-refractivity contribution in [3.8, 4) is 5.75 Å². The third-order valence-electron chi connectivity index (χ3n) is 5.20. The van der Waals surface area contributed by atoms with Gasteiger partial charge in [0.05, 0.1) is 0 Å². The second-order valence-electron chi connectivity index (χ2n) is 7.73. The second kappa shape index (κ2) is 7.57. The van der Waals surface area contributed by atoms with Gasteiger partial charge in [0.25, 0.3) is 0 Å². The summed E-state index contributed by atoms with van der Waals surface area (Å²) in [7, 11) is 0. The molecular formula is C22H28FNO. The zero-order chi connectivity index (χ0) is 18.0. The van der Waals surface area contributed by atoms with Gasteiger partial charge < -0.3 is 5.11 Å².